The van der Waals surface area contributed by atoms with Crippen molar-refractivity contribution in [3.63, 3.8) is 0 Å². The van der Waals surface area contributed by atoms with Crippen LogP contribution in [0.15, 0.2) is 72.0 Å². The first-order valence-electron chi connectivity index (χ1n) is 7.61. The Kier molecular flexibility index (Phi) is 4.29. The smallest absolute Gasteiger partial charge is 0.308 e. The van der Waals surface area contributed by atoms with E-state index >= 15 is 0 Å². The van der Waals surface area contributed by atoms with Gasteiger partial charge < -0.3 is 9.64 Å². The highest BCUT2D eigenvalue weighted by Gasteiger charge is 2.35. The molecule has 0 atom stereocenters. The summed E-state index contributed by atoms with van der Waals surface area (Å²) in [4.78, 5) is 25.8. The predicted molar refractivity (Wildman–Crippen MR) is 92.3 cm³/mol. The molecule has 0 bridgehead atoms. The third kappa shape index (κ3) is 2.99. The summed E-state index contributed by atoms with van der Waals surface area (Å²) in [6, 6.07) is 18.9. The number of ether oxygens (including phenoxy) is 1. The van der Waals surface area contributed by atoms with Gasteiger partial charge >= 0.3 is 5.97 Å². The highest BCUT2D eigenvalue weighted by Crippen LogP contribution is 2.36. The third-order valence-electron chi connectivity index (χ3n) is 3.73. The Labute approximate surface area is 140 Å². The fourth-order valence-corrected chi connectivity index (χ4v) is 2.67. The summed E-state index contributed by atoms with van der Waals surface area (Å²) >= 11 is 0. The Morgan fingerprint density at radius 3 is 2.17 bits per heavy atom. The Hall–Kier alpha value is -3.14. The zero-order valence-electron chi connectivity index (χ0n) is 13.5. The van der Waals surface area contributed by atoms with Gasteiger partial charge in [-0.15, -0.1) is 0 Å². The largest absolute Gasteiger partial charge is 0.424 e. The molecule has 0 radical (unpaired) electrons. The van der Waals surface area contributed by atoms with E-state index < -0.39 is 5.97 Å². The maximum absolute atomic E-state index is 12.7. The van der Waals surface area contributed by atoms with Crippen LogP contribution in [0.3, 0.4) is 0 Å². The van der Waals surface area contributed by atoms with Gasteiger partial charge in [0, 0.05) is 19.5 Å². The number of likely N-dealkylation sites (N-methyl/N-ethyl adjacent to an activating group) is 1. The van der Waals surface area contributed by atoms with Gasteiger partial charge in [-0.1, -0.05) is 60.7 Å². The molecule has 0 saturated carbocycles. The van der Waals surface area contributed by atoms with Gasteiger partial charge in [0.15, 0.2) is 5.76 Å². The summed E-state index contributed by atoms with van der Waals surface area (Å²) in [5.41, 5.74) is 2.66. The summed E-state index contributed by atoms with van der Waals surface area (Å²) in [7, 11) is 1.68. The van der Waals surface area contributed by atoms with Crippen molar-refractivity contribution in [1.29, 1.82) is 0 Å². The van der Waals surface area contributed by atoms with Crippen LogP contribution < -0.4 is 0 Å². The molecule has 0 spiro atoms. The maximum atomic E-state index is 12.7. The Morgan fingerprint density at radius 1 is 1.00 bits per heavy atom. The first kappa shape index (κ1) is 15.7. The van der Waals surface area contributed by atoms with E-state index in [1.807, 2.05) is 60.7 Å². The maximum Gasteiger partial charge on any atom is 0.308 e. The van der Waals surface area contributed by atoms with Crippen molar-refractivity contribution in [2.24, 2.45) is 0 Å². The van der Waals surface area contributed by atoms with Gasteiger partial charge in [-0.05, 0) is 11.6 Å². The van der Waals surface area contributed by atoms with E-state index in [1.54, 1.807) is 13.1 Å². The molecule has 4 heteroatoms. The number of benzene rings is 2. The molecule has 1 amide bonds. The highest BCUT2D eigenvalue weighted by molar-refractivity contribution is 6.12. The number of amides is 1. The number of carbonyl (C=O) groups is 2. The lowest BCUT2D eigenvalue weighted by Gasteiger charge is -2.14. The molecule has 0 fully saturated rings. The summed E-state index contributed by atoms with van der Waals surface area (Å²) in [5, 5.41) is 0. The fourth-order valence-electron chi connectivity index (χ4n) is 2.67. The van der Waals surface area contributed by atoms with Gasteiger partial charge in [-0.3, -0.25) is 9.59 Å². The van der Waals surface area contributed by atoms with Crippen molar-refractivity contribution >= 4 is 23.6 Å². The zero-order valence-corrected chi connectivity index (χ0v) is 13.5. The molecule has 2 aromatic rings. The van der Waals surface area contributed by atoms with Crippen LogP contribution in [0.2, 0.25) is 0 Å². The minimum absolute atomic E-state index is 0.200. The molecule has 4 nitrogen and oxygen atoms in total. The van der Waals surface area contributed by atoms with Gasteiger partial charge in [-0.2, -0.15) is 0 Å². The van der Waals surface area contributed by atoms with Crippen LogP contribution in [-0.4, -0.2) is 23.8 Å². The van der Waals surface area contributed by atoms with Crippen molar-refractivity contribution in [3.05, 3.63) is 83.1 Å². The molecule has 1 aliphatic rings. The lowest BCUT2D eigenvalue weighted by Crippen LogP contribution is -2.20. The van der Waals surface area contributed by atoms with Crippen LogP contribution >= 0.6 is 0 Å². The molecular weight excluding hydrogens is 302 g/mol. The Morgan fingerprint density at radius 2 is 1.58 bits per heavy atom. The van der Waals surface area contributed by atoms with E-state index in [1.165, 1.54) is 11.8 Å². The number of rotatable bonds is 3. The fraction of sp³-hybridized carbons (Fsp3) is 0.100. The van der Waals surface area contributed by atoms with Crippen LogP contribution in [-0.2, 0) is 14.3 Å². The predicted octanol–water partition coefficient (Wildman–Crippen LogP) is 3.47. The molecule has 1 aliphatic heterocycles. The van der Waals surface area contributed by atoms with Crippen molar-refractivity contribution in [2.45, 2.75) is 6.92 Å². The Balaban J connectivity index is 2.17. The molecule has 0 saturated heterocycles. The van der Waals surface area contributed by atoms with Crippen LogP contribution in [0.25, 0.3) is 11.8 Å². The van der Waals surface area contributed by atoms with Crippen molar-refractivity contribution in [3.8, 4) is 0 Å². The van der Waals surface area contributed by atoms with E-state index in [-0.39, 0.29) is 5.91 Å². The topological polar surface area (TPSA) is 46.6 Å². The molecule has 120 valence electrons. The van der Waals surface area contributed by atoms with Crippen LogP contribution in [0.1, 0.15) is 18.1 Å². The number of esters is 1. The van der Waals surface area contributed by atoms with E-state index in [0.717, 1.165) is 11.1 Å². The van der Waals surface area contributed by atoms with Crippen molar-refractivity contribution in [1.82, 2.24) is 4.90 Å². The molecule has 24 heavy (non-hydrogen) atoms. The molecule has 0 aromatic heterocycles. The monoisotopic (exact) mass is 319 g/mol. The third-order valence-corrected chi connectivity index (χ3v) is 3.73. The zero-order chi connectivity index (χ0) is 17.1. The van der Waals surface area contributed by atoms with Gasteiger partial charge in [0.2, 0.25) is 0 Å². The van der Waals surface area contributed by atoms with Gasteiger partial charge in [0.05, 0.1) is 11.3 Å². The standard InChI is InChI=1S/C20H17NO3/c1-14(22)24-19-17(13-15-9-5-3-6-10-15)20(23)21(2)18(19)16-11-7-4-8-12-16/h3-13H,1-2H3/b17-13-. The highest BCUT2D eigenvalue weighted by atomic mass is 16.5. The number of hydrogen-bond acceptors (Lipinski definition) is 3. The van der Waals surface area contributed by atoms with Crippen molar-refractivity contribution in [2.75, 3.05) is 7.05 Å². The van der Waals surface area contributed by atoms with E-state index in [9.17, 15) is 9.59 Å². The molecule has 2 aromatic carbocycles. The van der Waals surface area contributed by atoms with E-state index in [0.29, 0.717) is 17.0 Å². The number of hydrogen-bond donors (Lipinski definition) is 0. The second-order valence-electron chi connectivity index (χ2n) is 5.47. The number of carbonyl (C=O) groups excluding carboxylic acids is 2. The number of nitrogens with zero attached hydrogens (tertiary/aromatic N) is 1. The molecule has 3 rings (SSSR count). The quantitative estimate of drug-likeness (QED) is 0.643. The second-order valence-corrected chi connectivity index (χ2v) is 5.47. The molecule has 0 aliphatic carbocycles. The first-order valence-corrected chi connectivity index (χ1v) is 7.61. The average molecular weight is 319 g/mol. The lowest BCUT2D eigenvalue weighted by atomic mass is 10.1. The van der Waals surface area contributed by atoms with E-state index in [2.05, 4.69) is 0 Å². The van der Waals surface area contributed by atoms with Gasteiger partial charge in [-0.25, -0.2) is 0 Å². The normalized spacial score (nSPS) is 16.0. The van der Waals surface area contributed by atoms with Crippen LogP contribution in [0, 0.1) is 0 Å². The van der Waals surface area contributed by atoms with Crippen LogP contribution in [0.5, 0.6) is 0 Å². The molecule has 0 unspecified atom stereocenters. The summed E-state index contributed by atoms with van der Waals surface area (Å²) in [6.45, 7) is 1.33. The van der Waals surface area contributed by atoms with Crippen LogP contribution in [0.4, 0.5) is 0 Å². The lowest BCUT2D eigenvalue weighted by molar-refractivity contribution is -0.136. The molecular formula is C20H17NO3. The summed E-state index contributed by atoms with van der Waals surface area (Å²) in [6.07, 6.45) is 1.74. The van der Waals surface area contributed by atoms with E-state index in [4.69, 9.17) is 4.74 Å². The average Bonchev–Trinajstić information content (AvgIpc) is 2.81. The summed E-state index contributed by atoms with van der Waals surface area (Å²) < 4.78 is 5.41. The van der Waals surface area contributed by atoms with Crippen molar-refractivity contribution < 1.29 is 14.3 Å². The first-order chi connectivity index (χ1) is 11.6. The SMILES string of the molecule is CC(=O)OC1=C(c2ccccc2)N(C)C(=O)/C1=C\c1ccccc1. The summed E-state index contributed by atoms with van der Waals surface area (Å²) in [5.74, 6) is -0.362. The van der Waals surface area contributed by atoms with Gasteiger partial charge in [0.25, 0.3) is 5.91 Å². The Bertz CT molecular complexity index is 836. The minimum Gasteiger partial charge on any atom is -0.424 e. The molecule has 1 heterocycles. The minimum atomic E-state index is -0.458. The molecule has 0 N–H and O–H groups in total. The van der Waals surface area contributed by atoms with Gasteiger partial charge in [0.1, 0.15) is 0 Å². The second kappa shape index (κ2) is 6.54.